The van der Waals surface area contributed by atoms with E-state index in [9.17, 15) is 14.9 Å². The number of hydrogen-bond acceptors (Lipinski definition) is 6. The van der Waals surface area contributed by atoms with Crippen LogP contribution in [0.5, 0.6) is 5.75 Å². The Morgan fingerprint density at radius 3 is 2.52 bits per heavy atom. The van der Waals surface area contributed by atoms with Gasteiger partial charge in [-0.25, -0.2) is 0 Å². The molecule has 27 heavy (non-hydrogen) atoms. The number of nitro groups is 1. The molecule has 0 aliphatic heterocycles. The smallest absolute Gasteiger partial charge is 0.269 e. The number of furan rings is 1. The summed E-state index contributed by atoms with van der Waals surface area (Å²) in [5, 5.41) is 11.1. The second-order valence-corrected chi connectivity index (χ2v) is 5.82. The molecule has 4 aromatic rings. The maximum Gasteiger partial charge on any atom is 0.269 e. The zero-order valence-corrected chi connectivity index (χ0v) is 14.0. The highest BCUT2D eigenvalue weighted by molar-refractivity contribution is 5.79. The van der Waals surface area contributed by atoms with Gasteiger partial charge < -0.3 is 13.6 Å². The van der Waals surface area contributed by atoms with Crippen LogP contribution in [0.2, 0.25) is 0 Å². The second kappa shape index (κ2) is 6.80. The quantitative estimate of drug-likeness (QED) is 0.381. The topological polar surface area (TPSA) is 95.7 Å². The third-order valence-corrected chi connectivity index (χ3v) is 4.02. The van der Waals surface area contributed by atoms with E-state index in [1.165, 1.54) is 24.5 Å². The molecule has 7 heteroatoms. The molecule has 7 nitrogen and oxygen atoms in total. The minimum absolute atomic E-state index is 0.0226. The van der Waals surface area contributed by atoms with Crippen molar-refractivity contribution in [1.82, 2.24) is 0 Å². The van der Waals surface area contributed by atoms with Crippen LogP contribution in [0.15, 0.2) is 80.6 Å². The Labute approximate surface area is 152 Å². The van der Waals surface area contributed by atoms with E-state index >= 15 is 0 Å². The predicted octanol–water partition coefficient (Wildman–Crippen LogP) is 4.54. The standard InChI is InChI=1S/C20H13NO6/c22-17-11-20(19-2-1-9-25-19)27-18-8-7-15(10-16(17)18)26-12-13-3-5-14(6-4-13)21(23)24/h1-11H,12H2. The summed E-state index contributed by atoms with van der Waals surface area (Å²) in [5.41, 5.74) is 1.02. The molecular formula is C20H13NO6. The summed E-state index contributed by atoms with van der Waals surface area (Å²) in [7, 11) is 0. The largest absolute Gasteiger partial charge is 0.489 e. The predicted molar refractivity (Wildman–Crippen MR) is 97.6 cm³/mol. The Morgan fingerprint density at radius 2 is 1.81 bits per heavy atom. The summed E-state index contributed by atoms with van der Waals surface area (Å²) >= 11 is 0. The summed E-state index contributed by atoms with van der Waals surface area (Å²) in [4.78, 5) is 22.6. The lowest BCUT2D eigenvalue weighted by Crippen LogP contribution is -2.01. The average Bonchev–Trinajstić information content (AvgIpc) is 3.21. The molecule has 0 fully saturated rings. The van der Waals surface area contributed by atoms with Gasteiger partial charge in [-0.15, -0.1) is 0 Å². The molecule has 134 valence electrons. The first-order chi connectivity index (χ1) is 13.1. The van der Waals surface area contributed by atoms with Crippen LogP contribution < -0.4 is 10.2 Å². The number of benzene rings is 2. The molecular weight excluding hydrogens is 350 g/mol. The molecule has 2 heterocycles. The number of nitrogens with zero attached hydrogens (tertiary/aromatic N) is 1. The second-order valence-electron chi connectivity index (χ2n) is 5.82. The van der Waals surface area contributed by atoms with Crippen LogP contribution in [0, 0.1) is 10.1 Å². The number of nitro benzene ring substituents is 1. The SMILES string of the molecule is O=c1cc(-c2ccco2)oc2ccc(OCc3ccc([N+](=O)[O-])cc3)cc12. The van der Waals surface area contributed by atoms with Crippen molar-refractivity contribution in [1.29, 1.82) is 0 Å². The van der Waals surface area contributed by atoms with Crippen LogP contribution >= 0.6 is 0 Å². The molecule has 0 N–H and O–H groups in total. The van der Waals surface area contributed by atoms with Crippen molar-refractivity contribution in [3.63, 3.8) is 0 Å². The van der Waals surface area contributed by atoms with E-state index in [2.05, 4.69) is 0 Å². The minimum atomic E-state index is -0.454. The zero-order chi connectivity index (χ0) is 18.8. The van der Waals surface area contributed by atoms with Gasteiger partial charge in [-0.1, -0.05) is 0 Å². The maximum atomic E-state index is 12.4. The van der Waals surface area contributed by atoms with Crippen LogP contribution in [0.4, 0.5) is 5.69 Å². The van der Waals surface area contributed by atoms with Crippen LogP contribution in [-0.4, -0.2) is 4.92 Å². The Hall–Kier alpha value is -3.87. The molecule has 2 aromatic carbocycles. The monoisotopic (exact) mass is 363 g/mol. The van der Waals surface area contributed by atoms with Gasteiger partial charge in [0.05, 0.1) is 16.6 Å². The van der Waals surface area contributed by atoms with E-state index in [0.29, 0.717) is 28.2 Å². The third kappa shape index (κ3) is 3.43. The Kier molecular flexibility index (Phi) is 4.18. The highest BCUT2D eigenvalue weighted by atomic mass is 16.6. The maximum absolute atomic E-state index is 12.4. The summed E-state index contributed by atoms with van der Waals surface area (Å²) < 4.78 is 16.7. The van der Waals surface area contributed by atoms with Gasteiger partial charge in [0.2, 0.25) is 0 Å². The number of ether oxygens (including phenoxy) is 1. The van der Waals surface area contributed by atoms with Crippen LogP contribution in [-0.2, 0) is 6.61 Å². The van der Waals surface area contributed by atoms with E-state index < -0.39 is 4.92 Å². The molecule has 0 aliphatic rings. The van der Waals surface area contributed by atoms with Crippen LogP contribution in [0.3, 0.4) is 0 Å². The zero-order valence-electron chi connectivity index (χ0n) is 14.0. The fourth-order valence-corrected chi connectivity index (χ4v) is 2.65. The fraction of sp³-hybridized carbons (Fsp3) is 0.0500. The lowest BCUT2D eigenvalue weighted by molar-refractivity contribution is -0.384. The number of non-ortho nitro benzene ring substituents is 1. The van der Waals surface area contributed by atoms with E-state index in [-0.39, 0.29) is 17.7 Å². The molecule has 0 saturated heterocycles. The first-order valence-electron chi connectivity index (χ1n) is 8.08. The van der Waals surface area contributed by atoms with Crippen LogP contribution in [0.1, 0.15) is 5.56 Å². The van der Waals surface area contributed by atoms with Crippen molar-refractivity contribution in [2.45, 2.75) is 6.61 Å². The summed E-state index contributed by atoms with van der Waals surface area (Å²) in [5.74, 6) is 1.34. The van der Waals surface area contributed by atoms with Gasteiger partial charge in [0, 0.05) is 18.2 Å². The van der Waals surface area contributed by atoms with Crippen molar-refractivity contribution >= 4 is 16.7 Å². The van der Waals surface area contributed by atoms with Crippen LogP contribution in [0.25, 0.3) is 22.5 Å². The van der Waals surface area contributed by atoms with Gasteiger partial charge in [0.15, 0.2) is 16.9 Å². The summed E-state index contributed by atoms with van der Waals surface area (Å²) in [6.45, 7) is 0.222. The molecule has 0 radical (unpaired) electrons. The molecule has 0 unspecified atom stereocenters. The van der Waals surface area contributed by atoms with Gasteiger partial charge in [-0.05, 0) is 48.0 Å². The van der Waals surface area contributed by atoms with Crippen molar-refractivity contribution in [2.24, 2.45) is 0 Å². The first-order valence-corrected chi connectivity index (χ1v) is 8.08. The number of hydrogen-bond donors (Lipinski definition) is 0. The number of rotatable bonds is 5. The lowest BCUT2D eigenvalue weighted by Gasteiger charge is -2.07. The van der Waals surface area contributed by atoms with Gasteiger partial charge in [-0.3, -0.25) is 14.9 Å². The Balaban J connectivity index is 1.56. The Bertz CT molecular complexity index is 1160. The molecule has 0 saturated carbocycles. The molecule has 0 amide bonds. The molecule has 0 bridgehead atoms. The van der Waals surface area contributed by atoms with Gasteiger partial charge in [0.1, 0.15) is 17.9 Å². The summed E-state index contributed by atoms with van der Waals surface area (Å²) in [6.07, 6.45) is 1.51. The van der Waals surface area contributed by atoms with Crippen molar-refractivity contribution in [3.05, 3.63) is 92.8 Å². The minimum Gasteiger partial charge on any atom is -0.489 e. The van der Waals surface area contributed by atoms with E-state index in [0.717, 1.165) is 5.56 Å². The van der Waals surface area contributed by atoms with Crippen molar-refractivity contribution in [3.8, 4) is 17.3 Å². The van der Waals surface area contributed by atoms with Gasteiger partial charge in [0.25, 0.3) is 5.69 Å². The van der Waals surface area contributed by atoms with Gasteiger partial charge in [-0.2, -0.15) is 0 Å². The third-order valence-electron chi connectivity index (χ3n) is 4.02. The molecule has 2 aromatic heterocycles. The molecule has 0 aliphatic carbocycles. The molecule has 4 rings (SSSR count). The molecule has 0 atom stereocenters. The van der Waals surface area contributed by atoms with E-state index in [4.69, 9.17) is 13.6 Å². The average molecular weight is 363 g/mol. The highest BCUT2D eigenvalue weighted by Gasteiger charge is 2.10. The first kappa shape index (κ1) is 16.6. The summed E-state index contributed by atoms with van der Waals surface area (Å²) in [6, 6.07) is 15.9. The van der Waals surface area contributed by atoms with Crippen molar-refractivity contribution in [2.75, 3.05) is 0 Å². The normalized spacial score (nSPS) is 10.8. The Morgan fingerprint density at radius 1 is 1.00 bits per heavy atom. The van der Waals surface area contributed by atoms with E-state index in [1.54, 1.807) is 42.5 Å². The fourth-order valence-electron chi connectivity index (χ4n) is 2.65. The van der Waals surface area contributed by atoms with Crippen molar-refractivity contribution < 1.29 is 18.5 Å². The highest BCUT2D eigenvalue weighted by Crippen LogP contribution is 2.25. The number of fused-ring (bicyclic) bond motifs is 1. The lowest BCUT2D eigenvalue weighted by atomic mass is 10.2. The van der Waals surface area contributed by atoms with E-state index in [1.807, 2.05) is 0 Å². The van der Waals surface area contributed by atoms with Gasteiger partial charge >= 0.3 is 0 Å². The molecule has 0 spiro atoms.